The van der Waals surface area contributed by atoms with Crippen LogP contribution in [0, 0.1) is 0 Å². The molecule has 7 heteroatoms. The number of hydrogen-bond acceptors (Lipinski definition) is 4. The van der Waals surface area contributed by atoms with Gasteiger partial charge in [0.25, 0.3) is 0 Å². The van der Waals surface area contributed by atoms with Crippen LogP contribution in [0.5, 0.6) is 0 Å². The molecule has 3 amide bonds. The van der Waals surface area contributed by atoms with Crippen molar-refractivity contribution in [2.24, 2.45) is 5.73 Å². The Hall–Kier alpha value is -3.35. The van der Waals surface area contributed by atoms with E-state index in [1.807, 2.05) is 0 Å². The molecule has 0 unspecified atom stereocenters. The highest BCUT2D eigenvalue weighted by molar-refractivity contribution is 5.97. The molecule has 7 nitrogen and oxygen atoms in total. The first kappa shape index (κ1) is 18.0. The van der Waals surface area contributed by atoms with Crippen LogP contribution in [0.25, 0.3) is 0 Å². The summed E-state index contributed by atoms with van der Waals surface area (Å²) in [4.78, 5) is 34.2. The summed E-state index contributed by atoms with van der Waals surface area (Å²) in [5.74, 6) is -0.885. The van der Waals surface area contributed by atoms with E-state index in [1.54, 1.807) is 55.5 Å². The average molecular weight is 340 g/mol. The predicted molar refractivity (Wildman–Crippen MR) is 97.4 cm³/mol. The molecule has 1 atom stereocenters. The Kier molecular flexibility index (Phi) is 5.73. The summed E-state index contributed by atoms with van der Waals surface area (Å²) in [6.07, 6.45) is 0. The number of benzene rings is 2. The summed E-state index contributed by atoms with van der Waals surface area (Å²) in [5, 5.41) is 8.50. The molecular weight excluding hydrogens is 320 g/mol. The third-order valence-electron chi connectivity index (χ3n) is 3.42. The Bertz CT molecular complexity index is 770. The van der Waals surface area contributed by atoms with Crippen molar-refractivity contribution < 1.29 is 14.4 Å². The van der Waals surface area contributed by atoms with Gasteiger partial charge in [-0.15, -0.1) is 0 Å². The highest BCUT2D eigenvalue weighted by Crippen LogP contribution is 2.15. The maximum atomic E-state index is 12.2. The van der Waals surface area contributed by atoms with Crippen LogP contribution in [-0.2, 0) is 9.59 Å². The second-order valence-corrected chi connectivity index (χ2v) is 5.56. The van der Waals surface area contributed by atoms with Crippen molar-refractivity contribution in [3.8, 4) is 0 Å². The molecule has 25 heavy (non-hydrogen) atoms. The molecule has 0 saturated heterocycles. The van der Waals surface area contributed by atoms with Crippen molar-refractivity contribution >= 4 is 34.8 Å². The molecular formula is C18H20N4O3. The van der Waals surface area contributed by atoms with Gasteiger partial charge in [-0.3, -0.25) is 14.4 Å². The minimum absolute atomic E-state index is 0.143. The van der Waals surface area contributed by atoms with E-state index >= 15 is 0 Å². The Morgan fingerprint density at radius 3 is 1.84 bits per heavy atom. The highest BCUT2D eigenvalue weighted by atomic mass is 16.2. The zero-order valence-corrected chi connectivity index (χ0v) is 14.0. The van der Waals surface area contributed by atoms with Crippen LogP contribution in [0.3, 0.4) is 0 Å². The summed E-state index contributed by atoms with van der Waals surface area (Å²) in [5.41, 5.74) is 7.56. The minimum Gasteiger partial charge on any atom is -0.374 e. The summed E-state index contributed by atoms with van der Waals surface area (Å²) >= 11 is 0. The normalized spacial score (nSPS) is 11.3. The number of carbonyl (C=O) groups excluding carboxylic acids is 3. The van der Waals surface area contributed by atoms with E-state index in [1.165, 1.54) is 6.92 Å². The lowest BCUT2D eigenvalue weighted by Gasteiger charge is -2.16. The molecule has 0 aliphatic heterocycles. The van der Waals surface area contributed by atoms with E-state index in [2.05, 4.69) is 16.0 Å². The van der Waals surface area contributed by atoms with Gasteiger partial charge in [0.15, 0.2) is 0 Å². The van der Waals surface area contributed by atoms with Gasteiger partial charge >= 0.3 is 0 Å². The third-order valence-corrected chi connectivity index (χ3v) is 3.42. The largest absolute Gasteiger partial charge is 0.374 e. The van der Waals surface area contributed by atoms with Crippen LogP contribution >= 0.6 is 0 Å². The summed E-state index contributed by atoms with van der Waals surface area (Å²) in [6, 6.07) is 12.9. The van der Waals surface area contributed by atoms with Gasteiger partial charge in [-0.25, -0.2) is 0 Å². The standard InChI is InChI=1S/C18H20N4O3/c1-11(20-14-7-9-15(10-8-14)21-12(2)23)18(25)22-16-5-3-13(4-6-16)17(19)24/h3-11,20H,1-2H3,(H2,19,24)(H,21,23)(H,22,25)/t11-/m0/s1. The molecule has 2 aromatic rings. The first-order valence-electron chi connectivity index (χ1n) is 7.70. The maximum Gasteiger partial charge on any atom is 0.248 e. The lowest BCUT2D eigenvalue weighted by molar-refractivity contribution is -0.116. The van der Waals surface area contributed by atoms with Gasteiger partial charge in [0.1, 0.15) is 6.04 Å². The van der Waals surface area contributed by atoms with E-state index in [0.717, 1.165) is 5.69 Å². The van der Waals surface area contributed by atoms with Crippen molar-refractivity contribution in [3.05, 3.63) is 54.1 Å². The van der Waals surface area contributed by atoms with E-state index < -0.39 is 11.9 Å². The molecule has 0 bridgehead atoms. The number of primary amides is 1. The summed E-state index contributed by atoms with van der Waals surface area (Å²) in [7, 11) is 0. The number of nitrogens with one attached hydrogen (secondary N) is 3. The molecule has 0 radical (unpaired) electrons. The van der Waals surface area contributed by atoms with Crippen LogP contribution < -0.4 is 21.7 Å². The Morgan fingerprint density at radius 2 is 1.32 bits per heavy atom. The fourth-order valence-corrected chi connectivity index (χ4v) is 2.14. The molecule has 2 rings (SSSR count). The number of nitrogens with two attached hydrogens (primary N) is 1. The molecule has 130 valence electrons. The van der Waals surface area contributed by atoms with Crippen LogP contribution in [0.4, 0.5) is 17.1 Å². The highest BCUT2D eigenvalue weighted by Gasteiger charge is 2.13. The first-order valence-corrected chi connectivity index (χ1v) is 7.70. The molecule has 0 fully saturated rings. The Labute approximate surface area is 145 Å². The van der Waals surface area contributed by atoms with Crippen LogP contribution in [0.15, 0.2) is 48.5 Å². The maximum absolute atomic E-state index is 12.2. The Balaban J connectivity index is 1.93. The second-order valence-electron chi connectivity index (χ2n) is 5.56. The minimum atomic E-state index is -0.518. The van der Waals surface area contributed by atoms with Gasteiger partial charge in [-0.05, 0) is 55.5 Å². The number of rotatable bonds is 6. The molecule has 0 aliphatic carbocycles. The van der Waals surface area contributed by atoms with Crippen molar-refractivity contribution in [2.75, 3.05) is 16.0 Å². The first-order chi connectivity index (χ1) is 11.8. The SMILES string of the molecule is CC(=O)Nc1ccc(N[C@@H](C)C(=O)Nc2ccc(C(N)=O)cc2)cc1. The fraction of sp³-hybridized carbons (Fsp3) is 0.167. The van der Waals surface area contributed by atoms with Crippen molar-refractivity contribution in [1.29, 1.82) is 0 Å². The molecule has 2 aromatic carbocycles. The predicted octanol–water partition coefficient (Wildman–Crippen LogP) is 2.18. The van der Waals surface area contributed by atoms with E-state index in [0.29, 0.717) is 16.9 Å². The molecule has 0 saturated carbocycles. The lowest BCUT2D eigenvalue weighted by Crippen LogP contribution is -2.31. The average Bonchev–Trinajstić information content (AvgIpc) is 2.56. The molecule has 0 spiro atoms. The molecule has 5 N–H and O–H groups in total. The quantitative estimate of drug-likeness (QED) is 0.645. The summed E-state index contributed by atoms with van der Waals surface area (Å²) in [6.45, 7) is 3.17. The topological polar surface area (TPSA) is 113 Å². The zero-order valence-electron chi connectivity index (χ0n) is 14.0. The van der Waals surface area contributed by atoms with Gasteiger partial charge in [0.2, 0.25) is 17.7 Å². The van der Waals surface area contributed by atoms with Crippen molar-refractivity contribution in [2.45, 2.75) is 19.9 Å². The van der Waals surface area contributed by atoms with Crippen LogP contribution in [0.2, 0.25) is 0 Å². The van der Waals surface area contributed by atoms with Gasteiger partial charge < -0.3 is 21.7 Å². The third kappa shape index (κ3) is 5.35. The van der Waals surface area contributed by atoms with Crippen LogP contribution in [-0.4, -0.2) is 23.8 Å². The van der Waals surface area contributed by atoms with E-state index in [-0.39, 0.29) is 11.8 Å². The Morgan fingerprint density at radius 1 is 0.840 bits per heavy atom. The van der Waals surface area contributed by atoms with Crippen molar-refractivity contribution in [1.82, 2.24) is 0 Å². The van der Waals surface area contributed by atoms with Gasteiger partial charge in [-0.1, -0.05) is 0 Å². The van der Waals surface area contributed by atoms with Crippen LogP contribution in [0.1, 0.15) is 24.2 Å². The molecule has 0 heterocycles. The number of anilines is 3. The van der Waals surface area contributed by atoms with Gasteiger partial charge in [0, 0.05) is 29.5 Å². The monoisotopic (exact) mass is 340 g/mol. The number of amides is 3. The lowest BCUT2D eigenvalue weighted by atomic mass is 10.2. The number of hydrogen-bond donors (Lipinski definition) is 4. The molecule has 0 aliphatic rings. The zero-order chi connectivity index (χ0) is 18.4. The van der Waals surface area contributed by atoms with Gasteiger partial charge in [0.05, 0.1) is 0 Å². The smallest absolute Gasteiger partial charge is 0.248 e. The van der Waals surface area contributed by atoms with Crippen molar-refractivity contribution in [3.63, 3.8) is 0 Å². The van der Waals surface area contributed by atoms with Gasteiger partial charge in [-0.2, -0.15) is 0 Å². The summed E-state index contributed by atoms with van der Waals surface area (Å²) < 4.78 is 0. The fourth-order valence-electron chi connectivity index (χ4n) is 2.14. The molecule has 0 aromatic heterocycles. The van der Waals surface area contributed by atoms with E-state index in [9.17, 15) is 14.4 Å². The van der Waals surface area contributed by atoms with E-state index in [4.69, 9.17) is 5.73 Å². The number of carbonyl (C=O) groups is 3. The second kappa shape index (κ2) is 7.96.